The lowest BCUT2D eigenvalue weighted by atomic mass is 10.1. The van der Waals surface area contributed by atoms with Gasteiger partial charge in [0.05, 0.1) is 5.69 Å². The lowest BCUT2D eigenvalue weighted by Crippen LogP contribution is -2.04. The molecule has 2 N–H and O–H groups in total. The Morgan fingerprint density at radius 2 is 1.95 bits per heavy atom. The van der Waals surface area contributed by atoms with Crippen LogP contribution in [0.1, 0.15) is 23.5 Å². The van der Waals surface area contributed by atoms with Crippen molar-refractivity contribution in [2.24, 2.45) is 5.73 Å². The molecule has 2 rings (SSSR count). The molecule has 100 valence electrons. The molecule has 0 aliphatic heterocycles. The van der Waals surface area contributed by atoms with Gasteiger partial charge in [0.2, 0.25) is 0 Å². The highest BCUT2D eigenvalue weighted by molar-refractivity contribution is 5.60. The van der Waals surface area contributed by atoms with Gasteiger partial charge in [-0.2, -0.15) is 0 Å². The van der Waals surface area contributed by atoms with Gasteiger partial charge in [-0.25, -0.2) is 14.4 Å². The fraction of sp³-hybridized carbons (Fsp3) is 0.333. The SMILES string of the molecule is Cc1cc(-c2ccc(F)c(C)c2)nc(CCCN)n1. The zero-order chi connectivity index (χ0) is 13.8. The predicted octanol–water partition coefficient (Wildman–Crippen LogP) is 2.79. The second kappa shape index (κ2) is 5.89. The van der Waals surface area contributed by atoms with Crippen molar-refractivity contribution >= 4 is 0 Å². The molecule has 1 heterocycles. The average molecular weight is 259 g/mol. The van der Waals surface area contributed by atoms with E-state index in [1.807, 2.05) is 19.1 Å². The summed E-state index contributed by atoms with van der Waals surface area (Å²) in [6.45, 7) is 4.32. The van der Waals surface area contributed by atoms with Crippen LogP contribution in [0, 0.1) is 19.7 Å². The normalized spacial score (nSPS) is 10.7. The summed E-state index contributed by atoms with van der Waals surface area (Å²) >= 11 is 0. The maximum Gasteiger partial charge on any atom is 0.129 e. The Bertz CT molecular complexity index is 582. The van der Waals surface area contributed by atoms with Gasteiger partial charge in [0.15, 0.2) is 0 Å². The van der Waals surface area contributed by atoms with Crippen LogP contribution in [0.15, 0.2) is 24.3 Å². The fourth-order valence-electron chi connectivity index (χ4n) is 1.95. The molecule has 0 amide bonds. The number of hydrogen-bond donors (Lipinski definition) is 1. The Morgan fingerprint density at radius 1 is 1.16 bits per heavy atom. The molecule has 0 atom stereocenters. The molecule has 19 heavy (non-hydrogen) atoms. The number of aromatic nitrogens is 2. The van der Waals surface area contributed by atoms with Gasteiger partial charge in [-0.1, -0.05) is 0 Å². The van der Waals surface area contributed by atoms with Crippen LogP contribution in [0.25, 0.3) is 11.3 Å². The molecular formula is C15H18FN3. The monoisotopic (exact) mass is 259 g/mol. The van der Waals surface area contributed by atoms with Crippen LogP contribution in [0.5, 0.6) is 0 Å². The van der Waals surface area contributed by atoms with E-state index in [2.05, 4.69) is 9.97 Å². The van der Waals surface area contributed by atoms with Crippen LogP contribution < -0.4 is 5.73 Å². The second-order valence-electron chi connectivity index (χ2n) is 4.67. The molecule has 0 fully saturated rings. The Balaban J connectivity index is 2.37. The Kier molecular flexibility index (Phi) is 4.22. The molecule has 2 aromatic rings. The summed E-state index contributed by atoms with van der Waals surface area (Å²) in [5.74, 6) is 0.598. The number of nitrogens with zero attached hydrogens (tertiary/aromatic N) is 2. The van der Waals surface area contributed by atoms with E-state index >= 15 is 0 Å². The fourth-order valence-corrected chi connectivity index (χ4v) is 1.95. The summed E-state index contributed by atoms with van der Waals surface area (Å²) in [4.78, 5) is 8.92. The van der Waals surface area contributed by atoms with Gasteiger partial charge in [-0.3, -0.25) is 0 Å². The molecule has 0 saturated carbocycles. The largest absolute Gasteiger partial charge is 0.330 e. The van der Waals surface area contributed by atoms with Crippen molar-refractivity contribution in [2.45, 2.75) is 26.7 Å². The van der Waals surface area contributed by atoms with Gasteiger partial charge >= 0.3 is 0 Å². The van der Waals surface area contributed by atoms with Crippen LogP contribution in [0.3, 0.4) is 0 Å². The van der Waals surface area contributed by atoms with Gasteiger partial charge < -0.3 is 5.73 Å². The third kappa shape index (κ3) is 3.35. The van der Waals surface area contributed by atoms with E-state index < -0.39 is 0 Å². The summed E-state index contributed by atoms with van der Waals surface area (Å²) in [7, 11) is 0. The van der Waals surface area contributed by atoms with E-state index in [0.717, 1.165) is 35.6 Å². The molecule has 1 aromatic carbocycles. The maximum atomic E-state index is 13.3. The summed E-state index contributed by atoms with van der Waals surface area (Å²) in [6, 6.07) is 6.95. The molecule has 0 aliphatic carbocycles. The third-order valence-corrected chi connectivity index (χ3v) is 2.96. The summed E-state index contributed by atoms with van der Waals surface area (Å²) in [5, 5.41) is 0. The van der Waals surface area contributed by atoms with Gasteiger partial charge in [0.25, 0.3) is 0 Å². The topological polar surface area (TPSA) is 51.8 Å². The van der Waals surface area contributed by atoms with E-state index in [1.165, 1.54) is 6.07 Å². The van der Waals surface area contributed by atoms with Gasteiger partial charge in [-0.15, -0.1) is 0 Å². The average Bonchev–Trinajstić information content (AvgIpc) is 2.39. The van der Waals surface area contributed by atoms with E-state index in [1.54, 1.807) is 13.0 Å². The first-order valence-electron chi connectivity index (χ1n) is 6.41. The number of hydrogen-bond acceptors (Lipinski definition) is 3. The van der Waals surface area contributed by atoms with E-state index in [-0.39, 0.29) is 5.82 Å². The van der Waals surface area contributed by atoms with Crippen LogP contribution in [-0.4, -0.2) is 16.5 Å². The smallest absolute Gasteiger partial charge is 0.129 e. The maximum absolute atomic E-state index is 13.3. The minimum Gasteiger partial charge on any atom is -0.330 e. The second-order valence-corrected chi connectivity index (χ2v) is 4.67. The first-order chi connectivity index (χ1) is 9.10. The van der Waals surface area contributed by atoms with E-state index in [0.29, 0.717) is 12.1 Å². The van der Waals surface area contributed by atoms with E-state index in [9.17, 15) is 4.39 Å². The third-order valence-electron chi connectivity index (χ3n) is 2.96. The number of nitrogens with two attached hydrogens (primary N) is 1. The molecule has 1 aromatic heterocycles. The van der Waals surface area contributed by atoms with Crippen LogP contribution in [-0.2, 0) is 6.42 Å². The molecule has 0 aliphatic rings. The molecule has 0 bridgehead atoms. The molecular weight excluding hydrogens is 241 g/mol. The zero-order valence-corrected chi connectivity index (χ0v) is 11.3. The van der Waals surface area contributed by atoms with Crippen molar-refractivity contribution in [1.82, 2.24) is 9.97 Å². The van der Waals surface area contributed by atoms with Gasteiger partial charge in [-0.05, 0) is 56.6 Å². The summed E-state index contributed by atoms with van der Waals surface area (Å²) in [6.07, 6.45) is 1.64. The Hall–Kier alpha value is -1.81. The first kappa shape index (κ1) is 13.6. The van der Waals surface area contributed by atoms with Gasteiger partial charge in [0.1, 0.15) is 11.6 Å². The van der Waals surface area contributed by atoms with Gasteiger partial charge in [0, 0.05) is 17.7 Å². The van der Waals surface area contributed by atoms with Crippen LogP contribution in [0.4, 0.5) is 4.39 Å². The summed E-state index contributed by atoms with van der Waals surface area (Å²) < 4.78 is 13.3. The molecule has 0 saturated heterocycles. The molecule has 0 radical (unpaired) electrons. The number of rotatable bonds is 4. The van der Waals surface area contributed by atoms with Crippen molar-refractivity contribution in [3.8, 4) is 11.3 Å². The van der Waals surface area contributed by atoms with E-state index in [4.69, 9.17) is 5.73 Å². The van der Waals surface area contributed by atoms with Crippen molar-refractivity contribution in [2.75, 3.05) is 6.54 Å². The molecule has 3 nitrogen and oxygen atoms in total. The van der Waals surface area contributed by atoms with Crippen molar-refractivity contribution < 1.29 is 4.39 Å². The zero-order valence-electron chi connectivity index (χ0n) is 11.3. The Labute approximate surface area is 112 Å². The standard InChI is InChI=1S/C15H18FN3/c1-10-8-12(5-6-13(10)16)14-9-11(2)18-15(19-14)4-3-7-17/h5-6,8-9H,3-4,7,17H2,1-2H3. The highest BCUT2D eigenvalue weighted by Crippen LogP contribution is 2.21. The predicted molar refractivity (Wildman–Crippen MR) is 74.3 cm³/mol. The van der Waals surface area contributed by atoms with Crippen molar-refractivity contribution in [1.29, 1.82) is 0 Å². The lowest BCUT2D eigenvalue weighted by Gasteiger charge is -2.07. The van der Waals surface area contributed by atoms with Crippen LogP contribution in [0.2, 0.25) is 0 Å². The minimum absolute atomic E-state index is 0.196. The molecule has 0 spiro atoms. The quantitative estimate of drug-likeness (QED) is 0.918. The molecule has 0 unspecified atom stereocenters. The number of aryl methyl sites for hydroxylation is 3. The molecule has 4 heteroatoms. The first-order valence-corrected chi connectivity index (χ1v) is 6.41. The highest BCUT2D eigenvalue weighted by Gasteiger charge is 2.06. The van der Waals surface area contributed by atoms with Crippen molar-refractivity contribution in [3.05, 3.63) is 47.2 Å². The lowest BCUT2D eigenvalue weighted by molar-refractivity contribution is 0.618. The highest BCUT2D eigenvalue weighted by atomic mass is 19.1. The Morgan fingerprint density at radius 3 is 2.63 bits per heavy atom. The van der Waals surface area contributed by atoms with Crippen LogP contribution >= 0.6 is 0 Å². The van der Waals surface area contributed by atoms with Crippen molar-refractivity contribution in [3.63, 3.8) is 0 Å². The summed E-state index contributed by atoms with van der Waals surface area (Å²) in [5.41, 5.74) is 8.79. The number of halogens is 1. The number of benzene rings is 1. The minimum atomic E-state index is -0.196.